The number of hydrogen-bond donors (Lipinski definition) is 19. The summed E-state index contributed by atoms with van der Waals surface area (Å²) in [5, 5.41) is 61.7. The number of aliphatic carboxylic acids is 2. The van der Waals surface area contributed by atoms with E-state index in [1.54, 1.807) is 44.3 Å². The van der Waals surface area contributed by atoms with Crippen molar-refractivity contribution >= 4 is 129 Å². The fourth-order valence-corrected chi connectivity index (χ4v) is 12.1. The number of carbonyl (C=O) groups excluding carboxylic acids is 17. The number of fused-ring (bicyclic) bond motifs is 1. The fraction of sp³-hybridized carbons (Fsp3) is 0.566. The second-order valence-electron chi connectivity index (χ2n) is 28.5. The van der Waals surface area contributed by atoms with Crippen molar-refractivity contribution in [2.75, 3.05) is 32.0 Å². The van der Waals surface area contributed by atoms with E-state index in [4.69, 9.17) is 20.9 Å². The molecule has 1 aliphatic heterocycles. The van der Waals surface area contributed by atoms with Crippen LogP contribution >= 0.6 is 0 Å². The summed E-state index contributed by atoms with van der Waals surface area (Å²) in [6.07, 6.45) is -1.91. The molecule has 1 aliphatic rings. The molecule has 2 heterocycles. The Hall–Kier alpha value is -12.1. The smallest absolute Gasteiger partial charge is 0.407 e. The highest BCUT2D eigenvalue weighted by Gasteiger charge is 2.41. The lowest BCUT2D eigenvalue weighted by Gasteiger charge is -2.29. The number of H-pyrrole nitrogens is 1. The van der Waals surface area contributed by atoms with Crippen LogP contribution in [-0.4, -0.2) is 232 Å². The van der Waals surface area contributed by atoms with Gasteiger partial charge in [-0.05, 0) is 90.0 Å². The zero-order valence-corrected chi connectivity index (χ0v) is 66.2. The number of carboxylic acid groups (broad SMARTS) is 2. The first kappa shape index (κ1) is 96.2. The number of cyclic esters (lactones) is 1. The van der Waals surface area contributed by atoms with Gasteiger partial charge in [-0.1, -0.05) is 89.6 Å². The first-order valence-corrected chi connectivity index (χ1v) is 38.4. The van der Waals surface area contributed by atoms with Crippen molar-refractivity contribution in [2.45, 2.75) is 237 Å². The Kier molecular flexibility index (Phi) is 40.5. The normalized spacial score (nSPS) is 21.2. The minimum atomic E-state index is -2.36. The van der Waals surface area contributed by atoms with Gasteiger partial charge in [0.25, 0.3) is 0 Å². The molecule has 0 radical (unpaired) electrons. The monoisotopic (exact) mass is 1630 g/mol. The van der Waals surface area contributed by atoms with E-state index in [0.717, 1.165) is 46.0 Å². The Bertz CT molecular complexity index is 4000. The number of amides is 14. The molecule has 0 saturated carbocycles. The van der Waals surface area contributed by atoms with Gasteiger partial charge in [0.05, 0.1) is 57.0 Å². The number of alkyl carbamates (subject to hydrolysis) is 1. The molecule has 1 aromatic heterocycles. The van der Waals surface area contributed by atoms with Crippen LogP contribution < -0.4 is 80.6 Å². The Balaban J connectivity index is 1.87. The Labute approximate surface area is 669 Å². The van der Waals surface area contributed by atoms with Crippen molar-refractivity contribution in [1.82, 2.24) is 74.1 Å². The maximum Gasteiger partial charge on any atom is 0.407 e. The number of nitrogens with one attached hydrogen (secondary N) is 14. The van der Waals surface area contributed by atoms with Crippen molar-refractivity contribution in [1.29, 1.82) is 0 Å². The number of nitrogens with two attached hydrogens (primary N) is 2. The lowest BCUT2D eigenvalue weighted by molar-refractivity contribution is -0.156. The molecule has 13 atom stereocenters. The summed E-state index contributed by atoms with van der Waals surface area (Å²) in [6.45, 7) is 7.72. The number of anilines is 1. The van der Waals surface area contributed by atoms with E-state index in [-0.39, 0.29) is 49.9 Å². The molecule has 0 unspecified atom stereocenters. The summed E-state index contributed by atoms with van der Waals surface area (Å²) in [7, 11) is 0. The van der Waals surface area contributed by atoms with Gasteiger partial charge < -0.3 is 110 Å². The van der Waals surface area contributed by atoms with Crippen LogP contribution in [0.3, 0.4) is 0 Å². The number of aromatic amines is 1. The van der Waals surface area contributed by atoms with Crippen molar-refractivity contribution in [3.63, 3.8) is 0 Å². The van der Waals surface area contributed by atoms with Gasteiger partial charge in [-0.2, -0.15) is 0 Å². The van der Waals surface area contributed by atoms with Gasteiger partial charge in [0.15, 0.2) is 11.6 Å². The summed E-state index contributed by atoms with van der Waals surface area (Å²) in [4.78, 5) is 265. The van der Waals surface area contributed by atoms with Gasteiger partial charge in [-0.15, -0.1) is 0 Å². The number of carbonyl (C=O) groups is 19. The van der Waals surface area contributed by atoms with Crippen molar-refractivity contribution in [3.8, 4) is 0 Å². The number of Topliss-reactive ketones (excluding diaryl/α,β-unsaturated/α-hetero) is 2. The number of benzene rings is 2. The number of primary amides is 1. The zero-order valence-electron chi connectivity index (χ0n) is 66.2. The number of aliphatic hydroxyl groups is 1. The largest absolute Gasteiger partial charge is 0.481 e. The Morgan fingerprint density at radius 1 is 0.603 bits per heavy atom. The molecular weight excluding hydrogens is 1520 g/mol. The van der Waals surface area contributed by atoms with Crippen molar-refractivity contribution in [2.24, 2.45) is 17.6 Å². The molecule has 40 nitrogen and oxygen atoms in total. The summed E-state index contributed by atoms with van der Waals surface area (Å²) < 4.78 is 10.8. The summed E-state index contributed by atoms with van der Waals surface area (Å²) in [5.41, 5.74) is 12.6. The average Bonchev–Trinajstić information content (AvgIpc) is 1.57. The number of nitrogen functional groups attached to an aromatic ring is 1. The maximum absolute atomic E-state index is 14.9. The molecule has 116 heavy (non-hydrogen) atoms. The van der Waals surface area contributed by atoms with Crippen LogP contribution in [0.4, 0.5) is 10.5 Å². The summed E-state index contributed by atoms with van der Waals surface area (Å²) >= 11 is 0. The van der Waals surface area contributed by atoms with Crippen molar-refractivity contribution in [3.05, 3.63) is 65.9 Å². The molecule has 2 aromatic carbocycles. The molecule has 3 aromatic rings. The number of ether oxygens (including phenoxy) is 2. The van der Waals surface area contributed by atoms with Gasteiger partial charge in [0.1, 0.15) is 60.5 Å². The third-order valence-corrected chi connectivity index (χ3v) is 18.5. The molecule has 0 spiro atoms. The molecule has 0 bridgehead atoms. The van der Waals surface area contributed by atoms with Gasteiger partial charge in [-0.3, -0.25) is 81.5 Å². The number of unbranched alkanes of at least 4 members (excludes halogenated alkanes) is 6. The molecular formula is C76H110N16O24. The molecule has 4 rings (SSSR count). The quantitative estimate of drug-likeness (QED) is 0.0133. The van der Waals surface area contributed by atoms with E-state index in [2.05, 4.69) is 81.0 Å². The standard InChI is InChI=1S/C76H110N16O24/c1-9-11-12-13-14-15-16-27-59(97)86-53(30-45-35-80-50-25-20-18-22-46(45)50)71(109)89-52(34-58(78)96)57(95)31-44(32-63(102)103)68(106)92-65-43(8)116-75(113)54(33-56(94)47-23-17-19-24-48(47)77)90-74(112)64(40(5)29-62(100)101)91-72(110)55(38-93)87-61(99)36-81-69(107)49(10-2)88-67(105)42(7)83-66(104)41(6)84-70(108)51(85-60(98)37-82-73(65)111)26-21-28-79-76(114)115-39(3)4/h17-20,22-25,35,39-44,49,51-55,64-65,80,93H,9-16,21,26-34,36-38,77H2,1-8H3,(H2,78,96)(H,79,114)(H,81,107)(H,82,111)(H,83,104)(H,84,108)(H,85,98)(H,86,97)(H,87,99)(H,88,105)(H,89,109)(H,90,112)(H,91,110)(H,92,106)(H,100,101)(H,102,103)/t40-,41-,42+,43+,44-,49-,51-,52+,53-,54-,55+,64-,65-/m0/s1. The highest BCUT2D eigenvalue weighted by Crippen LogP contribution is 2.22. The number of esters is 1. The van der Waals surface area contributed by atoms with Crippen LogP contribution in [0, 0.1) is 11.8 Å². The van der Waals surface area contributed by atoms with Gasteiger partial charge >= 0.3 is 24.0 Å². The van der Waals surface area contributed by atoms with Gasteiger partial charge in [-0.25, -0.2) is 9.59 Å². The summed E-state index contributed by atoms with van der Waals surface area (Å²) in [5.74, 6) is -25.5. The number of aromatic nitrogens is 1. The van der Waals surface area contributed by atoms with Crippen molar-refractivity contribution < 1.29 is 116 Å². The van der Waals surface area contributed by atoms with Crippen LogP contribution in [0.15, 0.2) is 54.7 Å². The van der Waals surface area contributed by atoms with E-state index in [9.17, 15) is 106 Å². The molecule has 638 valence electrons. The minimum absolute atomic E-state index is 0.00855. The molecule has 0 aliphatic carbocycles. The van der Waals surface area contributed by atoms with Gasteiger partial charge in [0, 0.05) is 60.6 Å². The van der Waals surface area contributed by atoms with E-state index >= 15 is 0 Å². The van der Waals surface area contributed by atoms with Crippen LogP contribution in [0.2, 0.25) is 0 Å². The first-order chi connectivity index (χ1) is 54.9. The fourth-order valence-electron chi connectivity index (χ4n) is 12.1. The van der Waals surface area contributed by atoms with Crippen LogP contribution in [-0.2, 0) is 97.4 Å². The maximum atomic E-state index is 14.9. The SMILES string of the molecule is CCCCCCCCCC(=O)N[C@@H](Cc1c[nH]c2ccccc12)C(=O)N[C@H](CC(N)=O)C(=O)C[C@@H](CC(=O)O)C(=O)N[C@@H]1C(=O)NCC(=O)N[C@@H](CCCNC(=O)OC(C)C)C(=O)N[C@@H](C)C(=O)N[C@H](C)C(=O)N[C@@H](CC)C(=O)NCC(=O)N[C@H](CO)C(=O)N[C@@H]([C@@H](C)CC(=O)O)C(=O)N[C@@H](CC(=O)c2ccccc2N)C(=O)O[C@@H]1C. The molecule has 40 heteroatoms. The van der Waals surface area contributed by atoms with E-state index in [0.29, 0.717) is 29.3 Å². The Morgan fingerprint density at radius 2 is 1.19 bits per heavy atom. The lowest BCUT2D eigenvalue weighted by Crippen LogP contribution is -2.60. The number of hydrogen-bond acceptors (Lipinski definition) is 23. The highest BCUT2D eigenvalue weighted by molar-refractivity contribution is 6.05. The first-order valence-electron chi connectivity index (χ1n) is 38.4. The third-order valence-electron chi connectivity index (χ3n) is 18.5. The molecule has 14 amide bonds. The predicted molar refractivity (Wildman–Crippen MR) is 413 cm³/mol. The molecule has 1 saturated heterocycles. The predicted octanol–water partition coefficient (Wildman–Crippen LogP) is -1.87. The number of para-hydroxylation sites is 2. The Morgan fingerprint density at radius 3 is 1.81 bits per heavy atom. The number of rotatable bonds is 35. The summed E-state index contributed by atoms with van der Waals surface area (Å²) in [6, 6.07) is -5.63. The lowest BCUT2D eigenvalue weighted by atomic mass is 9.92. The average molecular weight is 1630 g/mol. The minimum Gasteiger partial charge on any atom is -0.481 e. The number of carboxylic acids is 2. The van der Waals surface area contributed by atoms with E-state index in [1.807, 2.05) is 0 Å². The van der Waals surface area contributed by atoms with E-state index < -0.39 is 249 Å². The topological polar surface area (TPSA) is 628 Å². The molecule has 21 N–H and O–H groups in total. The second-order valence-corrected chi connectivity index (χ2v) is 28.5. The van der Waals surface area contributed by atoms with E-state index in [1.165, 1.54) is 45.0 Å². The highest BCUT2D eigenvalue weighted by atomic mass is 16.6. The third kappa shape index (κ3) is 33.1. The second kappa shape index (κ2) is 48.8. The van der Waals surface area contributed by atoms with Crippen LogP contribution in [0.1, 0.15) is 174 Å². The number of aliphatic hydroxyl groups excluding tert-OH is 1. The van der Waals surface area contributed by atoms with Crippen LogP contribution in [0.25, 0.3) is 10.9 Å². The van der Waals surface area contributed by atoms with Crippen LogP contribution in [0.5, 0.6) is 0 Å². The zero-order chi connectivity index (χ0) is 86.5. The number of ketones is 2. The molecule has 1 fully saturated rings. The van der Waals surface area contributed by atoms with Gasteiger partial charge in [0.2, 0.25) is 76.8 Å².